The van der Waals surface area contributed by atoms with Crippen LogP contribution in [0.5, 0.6) is 0 Å². The van der Waals surface area contributed by atoms with Crippen LogP contribution in [0.3, 0.4) is 0 Å². The fourth-order valence-electron chi connectivity index (χ4n) is 3.03. The van der Waals surface area contributed by atoms with Crippen LogP contribution in [0.4, 0.5) is 10.3 Å². The molecular weight excluding hydrogens is 417 g/mol. The van der Waals surface area contributed by atoms with Crippen LogP contribution in [0.1, 0.15) is 57.7 Å². The van der Waals surface area contributed by atoms with E-state index in [1.54, 1.807) is 12.1 Å². The van der Waals surface area contributed by atoms with Gasteiger partial charge in [0.1, 0.15) is 11.6 Å². The van der Waals surface area contributed by atoms with E-state index in [0.29, 0.717) is 29.8 Å². The van der Waals surface area contributed by atoms with E-state index < -0.39 is 10.0 Å². The van der Waals surface area contributed by atoms with Gasteiger partial charge in [-0.05, 0) is 36.1 Å². The molecule has 0 aliphatic heterocycles. The summed E-state index contributed by atoms with van der Waals surface area (Å²) in [7, 11) is -2.17. The van der Waals surface area contributed by atoms with E-state index in [-0.39, 0.29) is 29.4 Å². The second-order valence-corrected chi connectivity index (χ2v) is 10.0. The van der Waals surface area contributed by atoms with E-state index in [9.17, 15) is 17.6 Å². The fourth-order valence-corrected chi connectivity index (χ4v) is 3.41. The second kappa shape index (κ2) is 10.1. The first kappa shape index (κ1) is 24.7. The molecule has 0 saturated carbocycles. The lowest BCUT2D eigenvalue weighted by Crippen LogP contribution is -2.27. The number of nitrogens with zero attached hydrogens (tertiary/aromatic N) is 3. The van der Waals surface area contributed by atoms with Crippen LogP contribution in [0, 0.1) is 11.7 Å². The second-order valence-electron chi connectivity index (χ2n) is 8.00. The molecule has 0 unspecified atom stereocenters. The Balaban J connectivity index is 2.70. The van der Waals surface area contributed by atoms with E-state index in [0.717, 1.165) is 16.1 Å². The highest BCUT2D eigenvalue weighted by Crippen LogP contribution is 2.32. The minimum absolute atomic E-state index is 0.0203. The Labute approximate surface area is 184 Å². The maximum Gasteiger partial charge on any atom is 0.239 e. The summed E-state index contributed by atoms with van der Waals surface area (Å²) >= 11 is 0. The number of carbonyl (C=O) groups excluding carboxylic acids is 1. The Morgan fingerprint density at radius 2 is 1.77 bits per heavy atom. The molecule has 1 atom stereocenters. The van der Waals surface area contributed by atoms with Gasteiger partial charge in [0.15, 0.2) is 0 Å². The average Bonchev–Trinajstić information content (AvgIpc) is 2.70. The Morgan fingerprint density at radius 3 is 2.29 bits per heavy atom. The normalized spacial score (nSPS) is 13.0. The van der Waals surface area contributed by atoms with Crippen LogP contribution in [0.15, 0.2) is 30.3 Å². The number of rotatable bonds is 9. The van der Waals surface area contributed by atoms with Crippen LogP contribution >= 0.6 is 0 Å². The molecule has 1 aromatic carbocycles. The van der Waals surface area contributed by atoms with Crippen molar-refractivity contribution in [2.24, 2.45) is 5.92 Å². The van der Waals surface area contributed by atoms with Crippen LogP contribution < -0.4 is 4.31 Å². The summed E-state index contributed by atoms with van der Waals surface area (Å²) in [5, 5.41) is 0. The minimum Gasteiger partial charge on any atom is -0.300 e. The standard InChI is InChI=1S/C23H30FN3O3S/c1-7-19(28)14-16(4)8-13-20-21(15(2)3)25-23(27(5)31(6,29)30)26-22(20)17-9-11-18(24)12-10-17/h8-13,15-16H,7,14H2,1-6H3/b13-8+/t16-/m1/s1. The quantitative estimate of drug-likeness (QED) is 0.550. The van der Waals surface area contributed by atoms with E-state index >= 15 is 0 Å². The predicted octanol–water partition coefficient (Wildman–Crippen LogP) is 4.82. The lowest BCUT2D eigenvalue weighted by Gasteiger charge is -2.20. The van der Waals surface area contributed by atoms with Gasteiger partial charge in [-0.1, -0.05) is 39.8 Å². The van der Waals surface area contributed by atoms with Crippen molar-refractivity contribution in [1.82, 2.24) is 9.97 Å². The molecule has 1 heterocycles. The smallest absolute Gasteiger partial charge is 0.239 e. The largest absolute Gasteiger partial charge is 0.300 e. The molecule has 31 heavy (non-hydrogen) atoms. The van der Waals surface area contributed by atoms with Crippen molar-refractivity contribution in [2.75, 3.05) is 17.6 Å². The van der Waals surface area contributed by atoms with Gasteiger partial charge in [0, 0.05) is 31.0 Å². The van der Waals surface area contributed by atoms with Crippen molar-refractivity contribution < 1.29 is 17.6 Å². The number of allylic oxidation sites excluding steroid dienone is 1. The van der Waals surface area contributed by atoms with Crippen molar-refractivity contribution in [3.8, 4) is 11.3 Å². The lowest BCUT2D eigenvalue weighted by atomic mass is 9.96. The Hall–Kier alpha value is -2.61. The third-order valence-electron chi connectivity index (χ3n) is 4.94. The molecule has 0 aliphatic rings. The van der Waals surface area contributed by atoms with Crippen molar-refractivity contribution in [2.45, 2.75) is 46.5 Å². The topological polar surface area (TPSA) is 80.2 Å². The van der Waals surface area contributed by atoms with Gasteiger partial charge in [0.25, 0.3) is 0 Å². The number of anilines is 1. The molecule has 2 rings (SSSR count). The van der Waals surface area contributed by atoms with Crippen LogP contribution in [0.2, 0.25) is 0 Å². The molecule has 8 heteroatoms. The van der Waals surface area contributed by atoms with Gasteiger partial charge in [0.2, 0.25) is 16.0 Å². The summed E-state index contributed by atoms with van der Waals surface area (Å²) in [5.74, 6) is -0.148. The maximum atomic E-state index is 13.5. The summed E-state index contributed by atoms with van der Waals surface area (Å²) in [4.78, 5) is 20.9. The first-order valence-electron chi connectivity index (χ1n) is 10.3. The third kappa shape index (κ3) is 6.43. The number of aromatic nitrogens is 2. The SMILES string of the molecule is CCC(=O)C[C@H](C)/C=C/c1c(-c2ccc(F)cc2)nc(N(C)S(C)(=O)=O)nc1C(C)C. The van der Waals surface area contributed by atoms with Gasteiger partial charge < -0.3 is 0 Å². The lowest BCUT2D eigenvalue weighted by molar-refractivity contribution is -0.119. The number of Topliss-reactive ketones (excluding diaryl/α,β-unsaturated/α-hetero) is 1. The van der Waals surface area contributed by atoms with Crippen LogP contribution in [-0.2, 0) is 14.8 Å². The molecule has 0 spiro atoms. The molecule has 0 N–H and O–H groups in total. The molecule has 2 aromatic rings. The molecule has 1 aromatic heterocycles. The van der Waals surface area contributed by atoms with Crippen molar-refractivity contribution >= 4 is 27.8 Å². The average molecular weight is 448 g/mol. The van der Waals surface area contributed by atoms with Gasteiger partial charge in [-0.2, -0.15) is 0 Å². The highest BCUT2D eigenvalue weighted by atomic mass is 32.2. The van der Waals surface area contributed by atoms with Gasteiger partial charge in [0.05, 0.1) is 17.6 Å². The van der Waals surface area contributed by atoms with Crippen LogP contribution in [-0.4, -0.2) is 37.5 Å². The number of carbonyl (C=O) groups is 1. The minimum atomic E-state index is -3.57. The Bertz CT molecular complexity index is 1060. The molecule has 6 nitrogen and oxygen atoms in total. The number of hydrogen-bond donors (Lipinski definition) is 0. The molecule has 168 valence electrons. The molecule has 0 saturated heterocycles. The number of benzene rings is 1. The van der Waals surface area contributed by atoms with E-state index in [1.165, 1.54) is 19.2 Å². The molecule has 0 bridgehead atoms. The van der Waals surface area contributed by atoms with Crippen molar-refractivity contribution in [3.63, 3.8) is 0 Å². The highest BCUT2D eigenvalue weighted by Gasteiger charge is 2.22. The molecule has 0 radical (unpaired) electrons. The summed E-state index contributed by atoms with van der Waals surface area (Å²) in [5.41, 5.74) is 2.55. The molecule has 0 fully saturated rings. The first-order chi connectivity index (χ1) is 14.4. The molecule has 0 amide bonds. The molecular formula is C23H30FN3O3S. The number of sulfonamides is 1. The number of ketones is 1. The summed E-state index contributed by atoms with van der Waals surface area (Å²) in [6, 6.07) is 5.88. The zero-order valence-electron chi connectivity index (χ0n) is 18.9. The summed E-state index contributed by atoms with van der Waals surface area (Å²) < 4.78 is 38.7. The Kier molecular flexibility index (Phi) is 8.06. The van der Waals surface area contributed by atoms with Gasteiger partial charge in [-0.3, -0.25) is 4.79 Å². The Morgan fingerprint density at radius 1 is 1.16 bits per heavy atom. The van der Waals surface area contributed by atoms with Gasteiger partial charge in [-0.15, -0.1) is 0 Å². The van der Waals surface area contributed by atoms with Gasteiger partial charge >= 0.3 is 0 Å². The maximum absolute atomic E-state index is 13.5. The summed E-state index contributed by atoms with van der Waals surface area (Å²) in [6.07, 6.45) is 5.83. The van der Waals surface area contributed by atoms with Gasteiger partial charge in [-0.25, -0.2) is 27.1 Å². The van der Waals surface area contributed by atoms with E-state index in [2.05, 4.69) is 9.97 Å². The number of hydrogen-bond acceptors (Lipinski definition) is 5. The molecule has 0 aliphatic carbocycles. The zero-order valence-corrected chi connectivity index (χ0v) is 19.7. The zero-order chi connectivity index (χ0) is 23.3. The van der Waals surface area contributed by atoms with Crippen molar-refractivity contribution in [3.05, 3.63) is 47.4 Å². The van der Waals surface area contributed by atoms with E-state index in [1.807, 2.05) is 39.8 Å². The third-order valence-corrected chi connectivity index (χ3v) is 6.10. The monoisotopic (exact) mass is 447 g/mol. The van der Waals surface area contributed by atoms with Crippen LogP contribution in [0.25, 0.3) is 17.3 Å². The number of halogens is 1. The van der Waals surface area contributed by atoms with Crippen molar-refractivity contribution in [1.29, 1.82) is 0 Å². The fraction of sp³-hybridized carbons (Fsp3) is 0.435. The summed E-state index contributed by atoms with van der Waals surface area (Å²) in [6.45, 7) is 7.72. The van der Waals surface area contributed by atoms with E-state index in [4.69, 9.17) is 0 Å². The first-order valence-corrected chi connectivity index (χ1v) is 12.1. The predicted molar refractivity (Wildman–Crippen MR) is 123 cm³/mol. The highest BCUT2D eigenvalue weighted by molar-refractivity contribution is 7.92.